The van der Waals surface area contributed by atoms with Gasteiger partial charge in [0, 0.05) is 13.2 Å². The molecule has 1 aromatic rings. The number of hydrogen-bond acceptors (Lipinski definition) is 3. The van der Waals surface area contributed by atoms with Gasteiger partial charge in [-0.05, 0) is 24.8 Å². The van der Waals surface area contributed by atoms with E-state index in [1.54, 1.807) is 0 Å². The summed E-state index contributed by atoms with van der Waals surface area (Å²) < 4.78 is 31.7. The van der Waals surface area contributed by atoms with Gasteiger partial charge in [-0.1, -0.05) is 30.3 Å². The van der Waals surface area contributed by atoms with Crippen LogP contribution in [-0.4, -0.2) is 27.7 Å². The Balaban J connectivity index is 1.77. The van der Waals surface area contributed by atoms with Crippen LogP contribution in [0, 0.1) is 0 Å². The Labute approximate surface area is 108 Å². The van der Waals surface area contributed by atoms with E-state index in [4.69, 9.17) is 4.74 Å². The maximum atomic E-state index is 11.8. The van der Waals surface area contributed by atoms with Crippen molar-refractivity contribution in [1.82, 2.24) is 4.72 Å². The third kappa shape index (κ3) is 4.40. The molecule has 18 heavy (non-hydrogen) atoms. The van der Waals surface area contributed by atoms with Crippen LogP contribution in [-0.2, 0) is 20.5 Å². The van der Waals surface area contributed by atoms with Crippen molar-refractivity contribution in [3.05, 3.63) is 35.9 Å². The highest BCUT2D eigenvalue weighted by atomic mass is 32.2. The Morgan fingerprint density at radius 2 is 2.06 bits per heavy atom. The van der Waals surface area contributed by atoms with Crippen LogP contribution in [0.2, 0.25) is 0 Å². The van der Waals surface area contributed by atoms with E-state index in [1.807, 2.05) is 30.3 Å². The van der Waals surface area contributed by atoms with E-state index in [2.05, 4.69) is 4.72 Å². The molecule has 5 heteroatoms. The molecule has 1 aliphatic rings. The molecule has 1 fully saturated rings. The van der Waals surface area contributed by atoms with Gasteiger partial charge in [0.25, 0.3) is 0 Å². The lowest BCUT2D eigenvalue weighted by atomic mass is 10.2. The van der Waals surface area contributed by atoms with Gasteiger partial charge in [-0.2, -0.15) is 0 Å². The molecule has 100 valence electrons. The summed E-state index contributed by atoms with van der Waals surface area (Å²) in [5, 5.41) is 0. The van der Waals surface area contributed by atoms with Crippen molar-refractivity contribution in [2.24, 2.45) is 0 Å². The molecule has 0 radical (unpaired) electrons. The van der Waals surface area contributed by atoms with Gasteiger partial charge in [-0.15, -0.1) is 0 Å². The average molecular weight is 269 g/mol. The number of nitrogens with one attached hydrogen (secondary N) is 1. The summed E-state index contributed by atoms with van der Waals surface area (Å²) in [6.45, 7) is 1.27. The van der Waals surface area contributed by atoms with Crippen LogP contribution in [0.5, 0.6) is 0 Å². The molecule has 1 atom stereocenters. The second-order valence-electron chi connectivity index (χ2n) is 4.56. The molecule has 0 spiro atoms. The molecule has 2 rings (SSSR count). The third-order valence-electron chi connectivity index (χ3n) is 3.01. The van der Waals surface area contributed by atoms with Gasteiger partial charge in [-0.3, -0.25) is 0 Å². The molecule has 1 aromatic carbocycles. The predicted molar refractivity (Wildman–Crippen MR) is 70.7 cm³/mol. The second kappa shape index (κ2) is 6.31. The molecule has 0 bridgehead atoms. The lowest BCUT2D eigenvalue weighted by molar-refractivity contribution is 0.105. The molecule has 1 N–H and O–H groups in total. The van der Waals surface area contributed by atoms with Gasteiger partial charge in [0.05, 0.1) is 11.9 Å². The van der Waals surface area contributed by atoms with Gasteiger partial charge < -0.3 is 4.74 Å². The Morgan fingerprint density at radius 1 is 1.28 bits per heavy atom. The smallest absolute Gasteiger partial charge is 0.215 e. The van der Waals surface area contributed by atoms with E-state index < -0.39 is 10.0 Å². The monoisotopic (exact) mass is 269 g/mol. The molecule has 0 aliphatic carbocycles. The third-order valence-corrected chi connectivity index (χ3v) is 4.37. The Bertz CT molecular complexity index is 452. The number of benzene rings is 1. The summed E-state index contributed by atoms with van der Waals surface area (Å²) in [7, 11) is -3.23. The molecule has 1 saturated heterocycles. The van der Waals surface area contributed by atoms with E-state index in [-0.39, 0.29) is 11.9 Å². The minimum Gasteiger partial charge on any atom is -0.378 e. The van der Waals surface area contributed by atoms with Crippen molar-refractivity contribution in [3.63, 3.8) is 0 Å². The number of ether oxygens (including phenoxy) is 1. The minimum atomic E-state index is -3.23. The quantitative estimate of drug-likeness (QED) is 0.854. The van der Waals surface area contributed by atoms with Crippen LogP contribution >= 0.6 is 0 Å². The molecule has 1 heterocycles. The van der Waals surface area contributed by atoms with E-state index >= 15 is 0 Å². The first kappa shape index (κ1) is 13.5. The largest absolute Gasteiger partial charge is 0.378 e. The first-order chi connectivity index (χ1) is 8.66. The normalized spacial score (nSPS) is 20.1. The first-order valence-electron chi connectivity index (χ1n) is 6.28. The van der Waals surface area contributed by atoms with Crippen LogP contribution in [0.25, 0.3) is 0 Å². The molecular formula is C13H19NO3S. The van der Waals surface area contributed by atoms with E-state index in [0.717, 1.165) is 31.4 Å². The van der Waals surface area contributed by atoms with Gasteiger partial charge in [0.2, 0.25) is 10.0 Å². The first-order valence-corrected chi connectivity index (χ1v) is 7.94. The number of hydrogen-bond donors (Lipinski definition) is 1. The summed E-state index contributed by atoms with van der Waals surface area (Å²) in [5.74, 6) is 0.0410. The topological polar surface area (TPSA) is 55.4 Å². The van der Waals surface area contributed by atoms with E-state index in [0.29, 0.717) is 6.54 Å². The summed E-state index contributed by atoms with van der Waals surface area (Å²) in [6, 6.07) is 9.20. The van der Waals surface area contributed by atoms with Crippen molar-refractivity contribution in [3.8, 4) is 0 Å². The summed E-state index contributed by atoms with van der Waals surface area (Å²) >= 11 is 0. The van der Waals surface area contributed by atoms with Crippen LogP contribution in [0.1, 0.15) is 24.8 Å². The maximum absolute atomic E-state index is 11.8. The fraction of sp³-hybridized carbons (Fsp3) is 0.538. The highest BCUT2D eigenvalue weighted by Crippen LogP contribution is 2.14. The second-order valence-corrected chi connectivity index (χ2v) is 6.37. The van der Waals surface area contributed by atoms with Crippen LogP contribution in [0.3, 0.4) is 0 Å². The van der Waals surface area contributed by atoms with E-state index in [1.165, 1.54) is 0 Å². The zero-order valence-electron chi connectivity index (χ0n) is 10.3. The van der Waals surface area contributed by atoms with Crippen molar-refractivity contribution >= 4 is 10.0 Å². The lowest BCUT2D eigenvalue weighted by Crippen LogP contribution is -2.28. The lowest BCUT2D eigenvalue weighted by Gasteiger charge is -2.10. The number of rotatable bonds is 6. The molecule has 0 amide bonds. The Kier molecular flexibility index (Phi) is 4.74. The molecule has 4 nitrogen and oxygen atoms in total. The predicted octanol–water partition coefficient (Wildman–Crippen LogP) is 1.68. The van der Waals surface area contributed by atoms with Crippen LogP contribution in [0.4, 0.5) is 0 Å². The number of sulfonamides is 1. The highest BCUT2D eigenvalue weighted by Gasteiger charge is 2.17. The Hall–Kier alpha value is -0.910. The molecular weight excluding hydrogens is 250 g/mol. The van der Waals surface area contributed by atoms with Crippen LogP contribution < -0.4 is 4.72 Å². The summed E-state index contributed by atoms with van der Waals surface area (Å²) in [5.41, 5.74) is 0.808. The van der Waals surface area contributed by atoms with Gasteiger partial charge in [-0.25, -0.2) is 13.1 Å². The van der Waals surface area contributed by atoms with Gasteiger partial charge in [0.1, 0.15) is 0 Å². The van der Waals surface area contributed by atoms with Crippen molar-refractivity contribution in [2.75, 3.05) is 13.2 Å². The minimum absolute atomic E-state index is 0.0410. The molecule has 1 unspecified atom stereocenters. The van der Waals surface area contributed by atoms with Crippen LogP contribution in [0.15, 0.2) is 30.3 Å². The highest BCUT2D eigenvalue weighted by molar-refractivity contribution is 7.88. The van der Waals surface area contributed by atoms with Crippen molar-refractivity contribution < 1.29 is 13.2 Å². The SMILES string of the molecule is O=S(=O)(Cc1ccccc1)NCCC1CCCO1. The summed E-state index contributed by atoms with van der Waals surface area (Å²) in [6.07, 6.45) is 3.11. The fourth-order valence-electron chi connectivity index (χ4n) is 2.09. The standard InChI is InChI=1S/C13H19NO3S/c15-18(16,11-12-5-2-1-3-6-12)14-9-8-13-7-4-10-17-13/h1-3,5-6,13-14H,4,7-11H2. The molecule has 0 aromatic heterocycles. The Morgan fingerprint density at radius 3 is 2.72 bits per heavy atom. The molecule has 0 saturated carbocycles. The van der Waals surface area contributed by atoms with Gasteiger partial charge >= 0.3 is 0 Å². The zero-order valence-corrected chi connectivity index (χ0v) is 11.2. The zero-order chi connectivity index (χ0) is 12.8. The fourth-order valence-corrected chi connectivity index (χ4v) is 3.25. The average Bonchev–Trinajstić information content (AvgIpc) is 2.82. The summed E-state index contributed by atoms with van der Waals surface area (Å²) in [4.78, 5) is 0. The van der Waals surface area contributed by atoms with Crippen molar-refractivity contribution in [2.45, 2.75) is 31.1 Å². The van der Waals surface area contributed by atoms with E-state index in [9.17, 15) is 8.42 Å². The van der Waals surface area contributed by atoms with Gasteiger partial charge in [0.15, 0.2) is 0 Å². The van der Waals surface area contributed by atoms with Crippen molar-refractivity contribution in [1.29, 1.82) is 0 Å². The maximum Gasteiger partial charge on any atom is 0.215 e. The molecule has 1 aliphatic heterocycles.